The maximum atomic E-state index is 7.89. The summed E-state index contributed by atoms with van der Waals surface area (Å²) < 4.78 is 89.5. The molecule has 0 bridgehead atoms. The van der Waals surface area contributed by atoms with Crippen molar-refractivity contribution in [3.8, 4) is 0 Å². The smallest absolute Gasteiger partial charge is 0.106 e. The van der Waals surface area contributed by atoms with E-state index in [1.165, 1.54) is 0 Å². The van der Waals surface area contributed by atoms with Gasteiger partial charge in [-0.1, -0.05) is 0 Å². The number of anilines is 1. The second kappa shape index (κ2) is 4.07. The van der Waals surface area contributed by atoms with Crippen molar-refractivity contribution in [2.24, 2.45) is 0 Å². The average Bonchev–Trinajstić information content (AvgIpc) is 2.37. The van der Waals surface area contributed by atoms with Crippen LogP contribution in [0, 0.1) is 0 Å². The zero-order valence-electron chi connectivity index (χ0n) is 17.2. The Balaban J connectivity index is 2.86. The summed E-state index contributed by atoms with van der Waals surface area (Å²) in [6.45, 7) is -13.2. The molecule has 0 aromatic carbocycles. The number of aromatic nitrogens is 1. The van der Waals surface area contributed by atoms with Crippen LogP contribution in [0.15, 0.2) is 22.9 Å². The van der Waals surface area contributed by atoms with Crippen LogP contribution in [0.1, 0.15) is 15.1 Å². The lowest BCUT2D eigenvalue weighted by atomic mass is 10.3. The molecule has 1 saturated heterocycles. The lowest BCUT2D eigenvalue weighted by Crippen LogP contribution is -2.36. The van der Waals surface area contributed by atoms with Crippen LogP contribution in [0.5, 0.6) is 0 Å². The van der Waals surface area contributed by atoms with E-state index in [0.29, 0.717) is 0 Å². The van der Waals surface area contributed by atoms with Gasteiger partial charge in [-0.25, -0.2) is 4.98 Å². The van der Waals surface area contributed by atoms with Gasteiger partial charge in [0.15, 0.2) is 0 Å². The normalized spacial score (nSPS) is 45.3. The molecule has 1 fully saturated rings. The molecule has 2 rings (SSSR count). The van der Waals surface area contributed by atoms with E-state index in [-0.39, 0.29) is 9.50 Å². The Morgan fingerprint density at radius 3 is 3.08 bits per heavy atom. The summed E-state index contributed by atoms with van der Waals surface area (Å²) in [4.78, 5) is 3.53. The van der Waals surface area contributed by atoms with Crippen molar-refractivity contribution in [3.63, 3.8) is 0 Å². The number of hydrogen-bond acceptors (Lipinski definition) is 3. The molecular formula is C9H11BrN2O. The second-order valence-corrected chi connectivity index (χ2v) is 2.73. The number of pyridine rings is 1. The summed E-state index contributed by atoms with van der Waals surface area (Å²) in [6, 6.07) is -1.39. The third kappa shape index (κ3) is 2.19. The highest BCUT2D eigenvalue weighted by Gasteiger charge is 2.10. The van der Waals surface area contributed by atoms with Crippen LogP contribution in [0.2, 0.25) is 0 Å². The molecule has 1 aliphatic rings. The Morgan fingerprint density at radius 2 is 2.31 bits per heavy atom. The first kappa shape index (κ1) is 2.70. The van der Waals surface area contributed by atoms with Gasteiger partial charge in [0.1, 0.15) is 4.60 Å². The van der Waals surface area contributed by atoms with Gasteiger partial charge in [0.2, 0.25) is 0 Å². The third-order valence-electron chi connectivity index (χ3n) is 1.18. The number of ether oxygens (including phenoxy) is 1. The SMILES string of the molecule is [2H]c1nc(Br)c([2H])c([2H])c1N1C([2H])([2H])C([2H])([2H])OC([2H])([2H])C1([2H])[2H]. The molecule has 0 spiro atoms. The largest absolute Gasteiger partial charge is 0.378 e. The molecule has 1 aromatic heterocycles. The summed E-state index contributed by atoms with van der Waals surface area (Å²) in [5.74, 6) is 0. The second-order valence-electron chi connectivity index (χ2n) is 1.98. The monoisotopic (exact) mass is 253 g/mol. The van der Waals surface area contributed by atoms with E-state index >= 15 is 0 Å². The van der Waals surface area contributed by atoms with Gasteiger partial charge >= 0.3 is 0 Å². The molecule has 0 amide bonds. The molecule has 2 heterocycles. The predicted molar refractivity (Wildman–Crippen MR) is 55.0 cm³/mol. The van der Waals surface area contributed by atoms with Gasteiger partial charge in [0, 0.05) is 13.0 Å². The summed E-state index contributed by atoms with van der Waals surface area (Å²) in [5, 5.41) is 0. The van der Waals surface area contributed by atoms with Crippen molar-refractivity contribution in [2.45, 2.75) is 0 Å². The Hall–Kier alpha value is -0.610. The predicted octanol–water partition coefficient (Wildman–Crippen LogP) is 1.68. The van der Waals surface area contributed by atoms with E-state index in [4.69, 9.17) is 15.1 Å². The first-order chi connectivity index (χ1) is 10.6. The zero-order valence-corrected chi connectivity index (χ0v) is 7.77. The highest BCUT2D eigenvalue weighted by Crippen LogP contribution is 2.16. The molecule has 0 unspecified atom stereocenters. The third-order valence-corrected chi connectivity index (χ3v) is 1.56. The van der Waals surface area contributed by atoms with Crippen molar-refractivity contribution in [2.75, 3.05) is 31.0 Å². The van der Waals surface area contributed by atoms with E-state index in [9.17, 15) is 0 Å². The van der Waals surface area contributed by atoms with Gasteiger partial charge in [-0.05, 0) is 28.0 Å². The zero-order chi connectivity index (χ0) is 18.9. The highest BCUT2D eigenvalue weighted by molar-refractivity contribution is 9.10. The molecule has 13 heavy (non-hydrogen) atoms. The molecule has 0 atom stereocenters. The molecule has 0 N–H and O–H groups in total. The standard InChI is InChI=1S/C9H11BrN2O/c10-9-2-1-8(7-11-9)12-3-5-13-6-4-12/h1-2,7H,3-6H2/i1D,2D,3D2,4D2,5D2,6D2,7D. The first-order valence-corrected chi connectivity index (χ1v) is 4.01. The minimum absolute atomic E-state index is 0.0222. The maximum Gasteiger partial charge on any atom is 0.106 e. The lowest BCUT2D eigenvalue weighted by molar-refractivity contribution is 0.122. The number of hydrogen-bond donors (Lipinski definition) is 0. The number of morpholine rings is 1. The average molecular weight is 254 g/mol. The Morgan fingerprint density at radius 1 is 1.54 bits per heavy atom. The van der Waals surface area contributed by atoms with Gasteiger partial charge in [0.25, 0.3) is 0 Å². The van der Waals surface area contributed by atoms with Crippen molar-refractivity contribution < 1.29 is 19.8 Å². The minimum Gasteiger partial charge on any atom is -0.378 e. The molecule has 3 nitrogen and oxygen atoms in total. The molecule has 1 aromatic rings. The van der Waals surface area contributed by atoms with E-state index in [2.05, 4.69) is 25.7 Å². The van der Waals surface area contributed by atoms with Crippen molar-refractivity contribution >= 4 is 21.6 Å². The Bertz CT molecular complexity index is 669. The quantitative estimate of drug-likeness (QED) is 0.713. The van der Waals surface area contributed by atoms with Crippen molar-refractivity contribution in [1.82, 2.24) is 4.98 Å². The molecule has 0 radical (unpaired) electrons. The molecule has 0 aliphatic carbocycles. The minimum atomic E-state index is -3.31. The number of rotatable bonds is 1. The van der Waals surface area contributed by atoms with Crippen LogP contribution < -0.4 is 4.90 Å². The van der Waals surface area contributed by atoms with Crippen LogP contribution in [-0.2, 0) is 4.74 Å². The molecule has 4 heteroatoms. The molecule has 1 aliphatic heterocycles. The van der Waals surface area contributed by atoms with Crippen LogP contribution in [0.4, 0.5) is 5.69 Å². The fourth-order valence-electron chi connectivity index (χ4n) is 0.677. The maximum absolute atomic E-state index is 7.89. The van der Waals surface area contributed by atoms with Crippen LogP contribution >= 0.6 is 15.9 Å². The van der Waals surface area contributed by atoms with E-state index < -0.39 is 50.1 Å². The fourth-order valence-corrected chi connectivity index (χ4v) is 0.865. The molecule has 0 saturated carbocycles. The summed E-state index contributed by atoms with van der Waals surface area (Å²) in [7, 11) is 0. The van der Waals surface area contributed by atoms with E-state index in [1.807, 2.05) is 0 Å². The van der Waals surface area contributed by atoms with Gasteiger partial charge in [-0.2, -0.15) is 0 Å². The van der Waals surface area contributed by atoms with Crippen LogP contribution in [0.3, 0.4) is 0 Å². The Kier molecular flexibility index (Phi) is 0.845. The van der Waals surface area contributed by atoms with Crippen molar-refractivity contribution in [1.29, 1.82) is 0 Å². The van der Waals surface area contributed by atoms with Gasteiger partial charge in [-0.15, -0.1) is 0 Å². The van der Waals surface area contributed by atoms with Gasteiger partial charge < -0.3 is 9.64 Å². The van der Waals surface area contributed by atoms with E-state index in [0.717, 1.165) is 0 Å². The molecule has 70 valence electrons. The topological polar surface area (TPSA) is 25.4 Å². The molecular weight excluding hydrogens is 232 g/mol. The summed E-state index contributed by atoms with van der Waals surface area (Å²) in [5.41, 5.74) is -0.853. The van der Waals surface area contributed by atoms with Crippen molar-refractivity contribution in [3.05, 3.63) is 22.9 Å². The van der Waals surface area contributed by atoms with Crippen LogP contribution in [0.25, 0.3) is 0 Å². The first-order valence-electron chi connectivity index (χ1n) is 8.72. The highest BCUT2D eigenvalue weighted by atomic mass is 79.9. The van der Waals surface area contributed by atoms with Gasteiger partial charge in [0.05, 0.1) is 40.1 Å². The number of nitrogens with zero attached hydrogens (tertiary/aromatic N) is 2. The summed E-state index contributed by atoms with van der Waals surface area (Å²) in [6.07, 6.45) is -0.816. The fraction of sp³-hybridized carbons (Fsp3) is 0.444. The Labute approximate surface area is 101 Å². The van der Waals surface area contributed by atoms with Crippen LogP contribution in [-0.4, -0.2) is 31.1 Å². The van der Waals surface area contributed by atoms with E-state index in [1.54, 1.807) is 0 Å². The number of halogens is 1. The van der Waals surface area contributed by atoms with Gasteiger partial charge in [-0.3, -0.25) is 0 Å². The summed E-state index contributed by atoms with van der Waals surface area (Å²) >= 11 is 2.84. The lowest BCUT2D eigenvalue weighted by Gasteiger charge is -2.28.